The zero-order chi connectivity index (χ0) is 17.8. The van der Waals surface area contributed by atoms with Crippen LogP contribution in [-0.4, -0.2) is 52.3 Å². The number of furan rings is 1. The lowest BCUT2D eigenvalue weighted by Gasteiger charge is -2.21. The number of aliphatic hydroxyl groups is 2. The summed E-state index contributed by atoms with van der Waals surface area (Å²) in [6.07, 6.45) is 1.41. The third kappa shape index (κ3) is 4.08. The highest BCUT2D eigenvalue weighted by Crippen LogP contribution is 2.34. The Morgan fingerprint density at radius 3 is 2.50 bits per heavy atom. The molecule has 140 valence electrons. The van der Waals surface area contributed by atoms with Gasteiger partial charge < -0.3 is 32.1 Å². The van der Waals surface area contributed by atoms with Crippen molar-refractivity contribution in [3.63, 3.8) is 0 Å². The summed E-state index contributed by atoms with van der Waals surface area (Å²) in [5.74, 6) is -0.105. The van der Waals surface area contributed by atoms with Crippen LogP contribution >= 0.6 is 11.3 Å². The molecule has 0 amide bonds. The second-order valence-corrected chi connectivity index (χ2v) is 6.56. The van der Waals surface area contributed by atoms with Gasteiger partial charge in [-0.15, -0.1) is 11.3 Å². The number of carbonyl (C=O) groups is 1. The molecule has 8 heteroatoms. The summed E-state index contributed by atoms with van der Waals surface area (Å²) in [4.78, 5) is 15.2. The van der Waals surface area contributed by atoms with E-state index in [4.69, 9.17) is 4.42 Å². The number of nitrogens with zero attached hydrogens (tertiary/aromatic N) is 1. The van der Waals surface area contributed by atoms with Crippen LogP contribution < -0.4 is 12.4 Å². The van der Waals surface area contributed by atoms with E-state index in [9.17, 15) is 20.1 Å². The lowest BCUT2D eigenvalue weighted by molar-refractivity contribution is -0.0000163. The van der Waals surface area contributed by atoms with E-state index in [1.807, 2.05) is 11.4 Å². The van der Waals surface area contributed by atoms with Crippen LogP contribution in [0.4, 0.5) is 0 Å². The highest BCUT2D eigenvalue weighted by Gasteiger charge is 2.22. The Morgan fingerprint density at radius 2 is 1.88 bits per heavy atom. The number of phenols is 1. The Kier molecular flexibility index (Phi) is 7.19. The predicted molar refractivity (Wildman–Crippen MR) is 95.1 cm³/mol. The average Bonchev–Trinajstić information content (AvgIpc) is 3.26. The van der Waals surface area contributed by atoms with Crippen LogP contribution in [0.25, 0.3) is 11.0 Å². The number of benzene rings is 1. The van der Waals surface area contributed by atoms with Crippen molar-refractivity contribution in [1.29, 1.82) is 0 Å². The second kappa shape index (κ2) is 9.16. The van der Waals surface area contributed by atoms with Gasteiger partial charge in [-0.3, -0.25) is 9.69 Å². The number of ketones is 1. The summed E-state index contributed by atoms with van der Waals surface area (Å²) in [6, 6.07) is 6.71. The van der Waals surface area contributed by atoms with Gasteiger partial charge in [0.25, 0.3) is 0 Å². The molecule has 2 heterocycles. The summed E-state index contributed by atoms with van der Waals surface area (Å²) < 4.78 is 5.52. The van der Waals surface area contributed by atoms with Gasteiger partial charge in [-0.2, -0.15) is 0 Å². The number of phenolic OH excluding ortho intramolecular Hbond substituents is 1. The van der Waals surface area contributed by atoms with E-state index in [1.54, 1.807) is 17.0 Å². The molecule has 0 atom stereocenters. The predicted octanol–water partition coefficient (Wildman–Crippen LogP) is -0.778. The van der Waals surface area contributed by atoms with Crippen molar-refractivity contribution in [3.8, 4) is 5.75 Å². The Balaban J connectivity index is 0.00000243. The molecular formula is C18H19ClNO5S-. The zero-order valence-electron chi connectivity index (χ0n) is 13.9. The van der Waals surface area contributed by atoms with Crippen LogP contribution in [0.2, 0.25) is 0 Å². The Morgan fingerprint density at radius 1 is 1.15 bits per heavy atom. The molecular weight excluding hydrogens is 378 g/mol. The molecule has 0 spiro atoms. The topological polar surface area (TPSA) is 94.1 Å². The van der Waals surface area contributed by atoms with Gasteiger partial charge in [0.2, 0.25) is 5.78 Å². The maximum absolute atomic E-state index is 12.8. The van der Waals surface area contributed by atoms with Gasteiger partial charge in [-0.05, 0) is 23.6 Å². The van der Waals surface area contributed by atoms with Crippen LogP contribution in [0, 0.1) is 0 Å². The summed E-state index contributed by atoms with van der Waals surface area (Å²) in [7, 11) is 0. The van der Waals surface area contributed by atoms with Crippen LogP contribution in [0.5, 0.6) is 5.75 Å². The molecule has 0 saturated carbocycles. The van der Waals surface area contributed by atoms with Crippen molar-refractivity contribution in [2.45, 2.75) is 6.54 Å². The third-order valence-corrected chi connectivity index (χ3v) is 4.90. The highest BCUT2D eigenvalue weighted by molar-refractivity contribution is 7.12. The molecule has 0 saturated heterocycles. The number of rotatable bonds is 8. The fraction of sp³-hybridized carbons (Fsp3) is 0.278. The summed E-state index contributed by atoms with van der Waals surface area (Å²) in [6.45, 7) is 0.853. The number of hydrogen-bond donors (Lipinski definition) is 3. The lowest BCUT2D eigenvalue weighted by Crippen LogP contribution is -3.00. The number of aliphatic hydroxyl groups excluding tert-OH is 2. The van der Waals surface area contributed by atoms with E-state index in [2.05, 4.69) is 0 Å². The van der Waals surface area contributed by atoms with Gasteiger partial charge in [0.1, 0.15) is 17.6 Å². The molecule has 26 heavy (non-hydrogen) atoms. The van der Waals surface area contributed by atoms with E-state index in [0.717, 1.165) is 0 Å². The van der Waals surface area contributed by atoms with Gasteiger partial charge in [-0.1, -0.05) is 6.07 Å². The van der Waals surface area contributed by atoms with E-state index in [0.29, 0.717) is 40.1 Å². The Hall–Kier alpha value is -1.90. The van der Waals surface area contributed by atoms with Crippen LogP contribution in [0.15, 0.2) is 40.3 Å². The SMILES string of the molecule is O=C(c1cccs1)c1coc2ccc(O)c(CN(CCO)CCO)c12.[Cl-]. The number of hydrogen-bond acceptors (Lipinski definition) is 7. The number of fused-ring (bicyclic) bond motifs is 1. The van der Waals surface area contributed by atoms with Gasteiger partial charge in [-0.25, -0.2) is 0 Å². The molecule has 3 N–H and O–H groups in total. The first-order valence-electron chi connectivity index (χ1n) is 7.90. The number of carbonyl (C=O) groups excluding carboxylic acids is 1. The van der Waals surface area contributed by atoms with Crippen LogP contribution in [0.3, 0.4) is 0 Å². The minimum Gasteiger partial charge on any atom is -1.00 e. The molecule has 3 aromatic rings. The summed E-state index contributed by atoms with van der Waals surface area (Å²) in [5.41, 5.74) is 1.46. The summed E-state index contributed by atoms with van der Waals surface area (Å²) >= 11 is 1.35. The minimum absolute atomic E-state index is 0. The quantitative estimate of drug-likeness (QED) is 0.433. The van der Waals surface area contributed by atoms with E-state index < -0.39 is 0 Å². The van der Waals surface area contributed by atoms with Crippen molar-refractivity contribution in [2.24, 2.45) is 0 Å². The first-order valence-corrected chi connectivity index (χ1v) is 8.78. The molecule has 0 fully saturated rings. The fourth-order valence-corrected chi connectivity index (χ4v) is 3.51. The van der Waals surface area contributed by atoms with Crippen molar-refractivity contribution in [2.75, 3.05) is 26.3 Å². The van der Waals surface area contributed by atoms with E-state index >= 15 is 0 Å². The number of aromatic hydroxyl groups is 1. The van der Waals surface area contributed by atoms with Gasteiger partial charge in [0.05, 0.1) is 23.7 Å². The molecule has 0 bridgehead atoms. The normalized spacial score (nSPS) is 11.0. The molecule has 0 unspecified atom stereocenters. The third-order valence-electron chi connectivity index (χ3n) is 4.03. The van der Waals surface area contributed by atoms with E-state index in [-0.39, 0.29) is 43.7 Å². The van der Waals surface area contributed by atoms with Crippen molar-refractivity contribution in [1.82, 2.24) is 4.90 Å². The Bertz CT molecular complexity index is 856. The molecule has 0 aliphatic rings. The van der Waals surface area contributed by atoms with Crippen molar-refractivity contribution >= 4 is 28.1 Å². The number of thiophene rings is 1. The average molecular weight is 397 g/mol. The molecule has 6 nitrogen and oxygen atoms in total. The first-order chi connectivity index (χ1) is 12.2. The van der Waals surface area contributed by atoms with Gasteiger partial charge in [0, 0.05) is 30.6 Å². The Labute approximate surface area is 160 Å². The maximum Gasteiger partial charge on any atom is 0.206 e. The zero-order valence-corrected chi connectivity index (χ0v) is 15.5. The first kappa shape index (κ1) is 20.4. The van der Waals surface area contributed by atoms with E-state index in [1.165, 1.54) is 23.7 Å². The largest absolute Gasteiger partial charge is 1.00 e. The second-order valence-electron chi connectivity index (χ2n) is 5.62. The van der Waals surface area contributed by atoms with Crippen LogP contribution in [-0.2, 0) is 6.54 Å². The van der Waals surface area contributed by atoms with Crippen molar-refractivity contribution < 1.29 is 36.9 Å². The van der Waals surface area contributed by atoms with Gasteiger partial charge in [0.15, 0.2) is 0 Å². The van der Waals surface area contributed by atoms with Crippen molar-refractivity contribution in [3.05, 3.63) is 51.9 Å². The minimum atomic E-state index is -0.156. The molecule has 0 aliphatic carbocycles. The molecule has 2 aromatic heterocycles. The molecule has 3 rings (SSSR count). The standard InChI is InChI=1S/C18H19NO5S.ClH/c20-7-5-19(6-8-21)10-12-14(22)3-4-15-17(12)13(11-24-15)18(23)16-2-1-9-25-16;/h1-4,9,11,20-22H,5-8,10H2;1H/p-1. The summed E-state index contributed by atoms with van der Waals surface area (Å²) in [5, 5.41) is 31.1. The highest BCUT2D eigenvalue weighted by atomic mass is 35.5. The van der Waals surface area contributed by atoms with Gasteiger partial charge >= 0.3 is 0 Å². The van der Waals surface area contributed by atoms with Crippen LogP contribution in [0.1, 0.15) is 20.8 Å². The maximum atomic E-state index is 12.8. The monoisotopic (exact) mass is 396 g/mol. The number of halogens is 1. The lowest BCUT2D eigenvalue weighted by atomic mass is 10.0. The molecule has 1 aromatic carbocycles. The molecule has 0 aliphatic heterocycles. The fourth-order valence-electron chi connectivity index (χ4n) is 2.83. The smallest absolute Gasteiger partial charge is 0.206 e. The molecule has 0 radical (unpaired) electrons.